The van der Waals surface area contributed by atoms with Crippen molar-refractivity contribution >= 4 is 6.09 Å². The van der Waals surface area contributed by atoms with Gasteiger partial charge in [0.25, 0.3) is 0 Å². The molecular weight excluding hydrogens is 234 g/mol. The van der Waals surface area contributed by atoms with Crippen molar-refractivity contribution in [1.82, 2.24) is 5.32 Å². The second-order valence-corrected chi connectivity index (χ2v) is 4.39. The topological polar surface area (TPSA) is 56.8 Å². The minimum absolute atomic E-state index is 0.296. The van der Waals surface area contributed by atoms with E-state index in [9.17, 15) is 4.79 Å². The number of cyclic esters (lactones) is 1. The number of rotatable bonds is 0. The number of ether oxygens (including phenoxy) is 3. The lowest BCUT2D eigenvalue weighted by molar-refractivity contribution is -0.180. The van der Waals surface area contributed by atoms with Crippen LogP contribution in [0.25, 0.3) is 0 Å². The number of hydrogen-bond acceptors (Lipinski definition) is 4. The Labute approximate surface area is 106 Å². The molecule has 2 aliphatic heterocycles. The molecule has 0 spiro atoms. The molecule has 98 valence electrons. The third-order valence-corrected chi connectivity index (χ3v) is 2.44. The van der Waals surface area contributed by atoms with Gasteiger partial charge < -0.3 is 19.5 Å². The largest absolute Gasteiger partial charge is 0.488 e. The number of benzene rings is 1. The summed E-state index contributed by atoms with van der Waals surface area (Å²) in [5.74, 6) is 0.416. The fourth-order valence-electron chi connectivity index (χ4n) is 1.56. The molecule has 1 saturated heterocycles. The highest BCUT2D eigenvalue weighted by atomic mass is 16.7. The highest BCUT2D eigenvalue weighted by Crippen LogP contribution is 2.30. The van der Waals surface area contributed by atoms with Gasteiger partial charge in [0.2, 0.25) is 5.79 Å². The summed E-state index contributed by atoms with van der Waals surface area (Å²) in [6.07, 6.45) is -0.296. The van der Waals surface area contributed by atoms with E-state index in [-0.39, 0.29) is 6.09 Å². The molecule has 2 aliphatic rings. The van der Waals surface area contributed by atoms with Gasteiger partial charge in [0.15, 0.2) is 0 Å². The summed E-state index contributed by atoms with van der Waals surface area (Å²) in [5.41, 5.74) is 1.07. The quantitative estimate of drug-likeness (QED) is 0.714. The molecule has 2 heterocycles. The smallest absolute Gasteiger partial charge is 0.407 e. The van der Waals surface area contributed by atoms with E-state index < -0.39 is 5.79 Å². The molecule has 1 N–H and O–H groups in total. The van der Waals surface area contributed by atoms with E-state index in [1.807, 2.05) is 32.0 Å². The molecule has 1 aromatic carbocycles. The third-order valence-electron chi connectivity index (χ3n) is 2.44. The lowest BCUT2D eigenvalue weighted by Crippen LogP contribution is -2.35. The first-order chi connectivity index (χ1) is 8.57. The van der Waals surface area contributed by atoms with Crippen LogP contribution < -0.4 is 10.1 Å². The van der Waals surface area contributed by atoms with Crippen LogP contribution in [0, 0.1) is 6.07 Å². The zero-order chi connectivity index (χ0) is 13.0. The predicted octanol–water partition coefficient (Wildman–Crippen LogP) is 1.86. The van der Waals surface area contributed by atoms with Crippen molar-refractivity contribution in [2.24, 2.45) is 0 Å². The van der Waals surface area contributed by atoms with Crippen LogP contribution in [0.5, 0.6) is 5.75 Å². The molecule has 3 rings (SSSR count). The highest BCUT2D eigenvalue weighted by Gasteiger charge is 2.23. The Kier molecular flexibility index (Phi) is 3.72. The van der Waals surface area contributed by atoms with Crippen molar-refractivity contribution in [2.75, 3.05) is 13.2 Å². The van der Waals surface area contributed by atoms with Crippen LogP contribution in [-0.2, 0) is 16.1 Å². The third kappa shape index (κ3) is 3.37. The van der Waals surface area contributed by atoms with Crippen molar-refractivity contribution in [1.29, 1.82) is 0 Å². The summed E-state index contributed by atoms with van der Waals surface area (Å²) in [5, 5.41) is 2.46. The van der Waals surface area contributed by atoms with Crippen molar-refractivity contribution in [2.45, 2.75) is 26.2 Å². The van der Waals surface area contributed by atoms with Gasteiger partial charge in [0, 0.05) is 26.2 Å². The average Bonchev–Trinajstić information content (AvgIpc) is 2.80. The molecular formula is C13H16NO4-. The summed E-state index contributed by atoms with van der Waals surface area (Å²) in [6, 6.07) is 8.65. The Morgan fingerprint density at radius 1 is 1.44 bits per heavy atom. The lowest BCUT2D eigenvalue weighted by atomic mass is 10.2. The van der Waals surface area contributed by atoms with Crippen LogP contribution in [-0.4, -0.2) is 25.0 Å². The number of carbonyl (C=O) groups excluding carboxylic acids is 1. The van der Waals surface area contributed by atoms with E-state index in [0.717, 1.165) is 11.3 Å². The number of alkyl carbamates (subject to hydrolysis) is 1. The van der Waals surface area contributed by atoms with Crippen LogP contribution in [0.1, 0.15) is 19.4 Å². The molecule has 0 atom stereocenters. The first-order valence-corrected chi connectivity index (χ1v) is 5.79. The van der Waals surface area contributed by atoms with E-state index in [4.69, 9.17) is 9.47 Å². The monoisotopic (exact) mass is 250 g/mol. The zero-order valence-electron chi connectivity index (χ0n) is 10.5. The molecule has 1 aromatic rings. The second-order valence-electron chi connectivity index (χ2n) is 4.39. The van der Waals surface area contributed by atoms with Gasteiger partial charge in [0.05, 0.1) is 6.54 Å². The minimum Gasteiger partial charge on any atom is -0.488 e. The minimum atomic E-state index is -0.492. The number of carbonyl (C=O) groups is 1. The molecule has 1 amide bonds. The molecule has 0 aromatic heterocycles. The molecule has 0 unspecified atom stereocenters. The summed E-state index contributed by atoms with van der Waals surface area (Å²) in [4.78, 5) is 9.91. The Bertz CT molecular complexity index is 423. The van der Waals surface area contributed by atoms with Gasteiger partial charge in [-0.3, -0.25) is 0 Å². The van der Waals surface area contributed by atoms with Crippen molar-refractivity contribution in [3.05, 3.63) is 29.8 Å². The Balaban J connectivity index is 0.000000169. The van der Waals surface area contributed by atoms with Gasteiger partial charge in [-0.1, -0.05) is 5.56 Å². The van der Waals surface area contributed by atoms with Crippen LogP contribution >= 0.6 is 0 Å². The normalized spacial score (nSPS) is 19.6. The molecule has 0 radical (unpaired) electrons. The molecule has 0 bridgehead atoms. The standard InChI is InChI=1S/C10H11O2.C3H5NO2/c1-10(2)11-7-8-5-3-4-6-9(8)12-10;5-3-4-1-2-6-3/h4-6H,7H2,1-2H3;1-2H2,(H,4,5)/q-1;. The van der Waals surface area contributed by atoms with E-state index in [1.54, 1.807) is 0 Å². The first kappa shape index (κ1) is 12.7. The number of hydrogen-bond donors (Lipinski definition) is 1. The number of amides is 1. The highest BCUT2D eigenvalue weighted by molar-refractivity contribution is 5.68. The number of fused-ring (bicyclic) bond motifs is 1. The first-order valence-electron chi connectivity index (χ1n) is 5.79. The van der Waals surface area contributed by atoms with E-state index in [1.165, 1.54) is 0 Å². The van der Waals surface area contributed by atoms with Gasteiger partial charge in [-0.15, -0.1) is 6.07 Å². The Hall–Kier alpha value is -1.75. The van der Waals surface area contributed by atoms with Crippen molar-refractivity contribution < 1.29 is 19.0 Å². The number of nitrogens with one attached hydrogen (secondary N) is 1. The lowest BCUT2D eigenvalue weighted by Gasteiger charge is -2.36. The van der Waals surface area contributed by atoms with Gasteiger partial charge in [-0.2, -0.15) is 18.2 Å². The zero-order valence-corrected chi connectivity index (χ0v) is 10.5. The maximum absolute atomic E-state index is 9.91. The summed E-state index contributed by atoms with van der Waals surface area (Å²) in [7, 11) is 0. The fourth-order valence-corrected chi connectivity index (χ4v) is 1.56. The Morgan fingerprint density at radius 3 is 2.89 bits per heavy atom. The van der Waals surface area contributed by atoms with Crippen LogP contribution in [0.4, 0.5) is 4.79 Å². The maximum Gasteiger partial charge on any atom is 0.407 e. The van der Waals surface area contributed by atoms with E-state index >= 15 is 0 Å². The Morgan fingerprint density at radius 2 is 2.28 bits per heavy atom. The summed E-state index contributed by atoms with van der Waals surface area (Å²) < 4.78 is 15.4. The molecule has 0 saturated carbocycles. The van der Waals surface area contributed by atoms with Crippen LogP contribution in [0.15, 0.2) is 18.2 Å². The van der Waals surface area contributed by atoms with Crippen LogP contribution in [0.2, 0.25) is 0 Å². The summed E-state index contributed by atoms with van der Waals surface area (Å²) in [6.45, 7) is 5.62. The van der Waals surface area contributed by atoms with E-state index in [0.29, 0.717) is 19.8 Å². The van der Waals surface area contributed by atoms with Crippen molar-refractivity contribution in [3.8, 4) is 5.75 Å². The summed E-state index contributed by atoms with van der Waals surface area (Å²) >= 11 is 0. The van der Waals surface area contributed by atoms with Gasteiger partial charge in [0.1, 0.15) is 6.61 Å². The molecule has 5 nitrogen and oxygen atoms in total. The van der Waals surface area contributed by atoms with Gasteiger partial charge in [-0.25, -0.2) is 4.79 Å². The predicted molar refractivity (Wildman–Crippen MR) is 64.1 cm³/mol. The molecule has 1 fully saturated rings. The van der Waals surface area contributed by atoms with Crippen LogP contribution in [0.3, 0.4) is 0 Å². The second kappa shape index (κ2) is 5.27. The molecule has 0 aliphatic carbocycles. The maximum atomic E-state index is 9.91. The average molecular weight is 250 g/mol. The SMILES string of the molecule is CC1(C)OCc2c[c-]ccc2O1.O=C1NCCO1. The molecule has 5 heteroatoms. The van der Waals surface area contributed by atoms with E-state index in [2.05, 4.69) is 16.1 Å². The van der Waals surface area contributed by atoms with Gasteiger partial charge >= 0.3 is 6.09 Å². The van der Waals surface area contributed by atoms with Gasteiger partial charge in [-0.05, 0) is 0 Å². The fraction of sp³-hybridized carbons (Fsp3) is 0.462. The van der Waals surface area contributed by atoms with Crippen molar-refractivity contribution in [3.63, 3.8) is 0 Å². The molecule has 18 heavy (non-hydrogen) atoms.